The van der Waals surface area contributed by atoms with Gasteiger partial charge in [-0.15, -0.1) is 0 Å². The third-order valence-corrected chi connectivity index (χ3v) is 2.33. The Morgan fingerprint density at radius 2 is 1.64 bits per heavy atom. The van der Waals surface area contributed by atoms with Crippen LogP contribution in [0.15, 0.2) is 0 Å². The van der Waals surface area contributed by atoms with Crippen LogP contribution in [0.3, 0.4) is 0 Å². The van der Waals surface area contributed by atoms with Gasteiger partial charge in [-0.1, -0.05) is 27.7 Å². The predicted molar refractivity (Wildman–Crippen MR) is 49.3 cm³/mol. The summed E-state index contributed by atoms with van der Waals surface area (Å²) in [7, 11) is 0. The van der Waals surface area contributed by atoms with E-state index in [4.69, 9.17) is 0 Å². The molecule has 0 radical (unpaired) electrons. The van der Waals surface area contributed by atoms with Crippen molar-refractivity contribution in [3.63, 3.8) is 0 Å². The molecule has 2 heteroatoms. The molecule has 0 bridgehead atoms. The molecule has 68 valence electrons. The summed E-state index contributed by atoms with van der Waals surface area (Å²) in [4.78, 5) is 2.43. The quantitative estimate of drug-likeness (QED) is 0.625. The van der Waals surface area contributed by atoms with Crippen molar-refractivity contribution >= 4 is 0 Å². The minimum Gasteiger partial charge on any atom is -0.354 e. The normalized spacial score (nSPS) is 14.5. The molecule has 11 heavy (non-hydrogen) atoms. The van der Waals surface area contributed by atoms with Crippen molar-refractivity contribution in [2.24, 2.45) is 5.92 Å². The summed E-state index contributed by atoms with van der Waals surface area (Å²) in [6.45, 7) is 12.3. The third kappa shape index (κ3) is 4.38. The standard InChI is InChI=1S/C9H22N2/c1-5-11(6-2)7-9(10)8(3)4/h8-9H,5-7,10H2,1-4H3/p+1/t9-/m1/s1. The van der Waals surface area contributed by atoms with Gasteiger partial charge in [-0.05, 0) is 13.1 Å². The lowest BCUT2D eigenvalue weighted by Gasteiger charge is -2.22. The van der Waals surface area contributed by atoms with E-state index in [0.29, 0.717) is 12.0 Å². The van der Waals surface area contributed by atoms with Crippen molar-refractivity contribution in [3.8, 4) is 0 Å². The summed E-state index contributed by atoms with van der Waals surface area (Å²) < 4.78 is 0. The summed E-state index contributed by atoms with van der Waals surface area (Å²) in [5.41, 5.74) is 4.13. The zero-order valence-electron chi connectivity index (χ0n) is 8.43. The molecule has 0 aromatic carbocycles. The van der Waals surface area contributed by atoms with E-state index >= 15 is 0 Å². The van der Waals surface area contributed by atoms with Gasteiger partial charge in [-0.3, -0.25) is 4.90 Å². The fourth-order valence-corrected chi connectivity index (χ4v) is 1.02. The maximum Gasteiger partial charge on any atom is 0.0995 e. The van der Waals surface area contributed by atoms with Gasteiger partial charge in [-0.2, -0.15) is 0 Å². The third-order valence-electron chi connectivity index (χ3n) is 2.33. The number of nitrogens with zero attached hydrogens (tertiary/aromatic N) is 1. The van der Waals surface area contributed by atoms with Crippen LogP contribution >= 0.6 is 0 Å². The highest BCUT2D eigenvalue weighted by atomic mass is 15.1. The van der Waals surface area contributed by atoms with Crippen molar-refractivity contribution in [2.45, 2.75) is 33.7 Å². The molecule has 0 amide bonds. The van der Waals surface area contributed by atoms with E-state index < -0.39 is 0 Å². The van der Waals surface area contributed by atoms with Crippen LogP contribution in [0.5, 0.6) is 0 Å². The molecule has 0 aliphatic heterocycles. The Morgan fingerprint density at radius 3 is 1.91 bits per heavy atom. The first kappa shape index (κ1) is 10.9. The van der Waals surface area contributed by atoms with Crippen molar-refractivity contribution in [2.75, 3.05) is 19.6 Å². The second-order valence-corrected chi connectivity index (χ2v) is 3.49. The number of rotatable bonds is 5. The van der Waals surface area contributed by atoms with Crippen LogP contribution in [-0.2, 0) is 0 Å². The van der Waals surface area contributed by atoms with Gasteiger partial charge in [-0.25, -0.2) is 0 Å². The van der Waals surface area contributed by atoms with E-state index in [1.807, 2.05) is 0 Å². The zero-order chi connectivity index (χ0) is 8.85. The molecule has 0 fully saturated rings. The molecule has 0 heterocycles. The summed E-state index contributed by atoms with van der Waals surface area (Å²) in [5, 5.41) is 0. The van der Waals surface area contributed by atoms with E-state index in [2.05, 4.69) is 38.3 Å². The van der Waals surface area contributed by atoms with E-state index in [1.54, 1.807) is 0 Å². The Balaban J connectivity index is 3.62. The average molecular weight is 159 g/mol. The lowest BCUT2D eigenvalue weighted by molar-refractivity contribution is -0.432. The molecule has 0 saturated heterocycles. The van der Waals surface area contributed by atoms with Crippen LogP contribution < -0.4 is 5.73 Å². The van der Waals surface area contributed by atoms with Gasteiger partial charge in [0.05, 0.1) is 12.6 Å². The molecule has 3 N–H and O–H groups in total. The first-order valence-corrected chi connectivity index (χ1v) is 4.67. The van der Waals surface area contributed by atoms with Crippen LogP contribution in [0.4, 0.5) is 0 Å². The molecule has 0 saturated carbocycles. The second kappa shape index (κ2) is 5.56. The van der Waals surface area contributed by atoms with Crippen molar-refractivity contribution < 1.29 is 5.73 Å². The Hall–Kier alpha value is -0.0800. The minimum atomic E-state index is 0.579. The largest absolute Gasteiger partial charge is 0.354 e. The van der Waals surface area contributed by atoms with Gasteiger partial charge in [0.2, 0.25) is 0 Å². The highest BCUT2D eigenvalue weighted by Crippen LogP contribution is 1.98. The van der Waals surface area contributed by atoms with Crippen LogP contribution in [0.25, 0.3) is 0 Å². The van der Waals surface area contributed by atoms with Gasteiger partial charge < -0.3 is 5.73 Å². The maximum atomic E-state index is 4.13. The topological polar surface area (TPSA) is 30.9 Å². The molecule has 2 nitrogen and oxygen atoms in total. The summed E-state index contributed by atoms with van der Waals surface area (Å²) in [6.07, 6.45) is 0. The Bertz CT molecular complexity index is 87.6. The van der Waals surface area contributed by atoms with Gasteiger partial charge in [0, 0.05) is 5.92 Å². The summed E-state index contributed by atoms with van der Waals surface area (Å²) >= 11 is 0. The average Bonchev–Trinajstić information content (AvgIpc) is 1.99. The molecule has 0 aliphatic carbocycles. The summed E-state index contributed by atoms with van der Waals surface area (Å²) in [5.74, 6) is 0.704. The van der Waals surface area contributed by atoms with Crippen LogP contribution in [0, 0.1) is 5.92 Å². The van der Waals surface area contributed by atoms with E-state index in [9.17, 15) is 0 Å². The first-order valence-electron chi connectivity index (χ1n) is 4.67. The highest BCUT2D eigenvalue weighted by Gasteiger charge is 2.13. The van der Waals surface area contributed by atoms with E-state index in [0.717, 1.165) is 19.6 Å². The smallest absolute Gasteiger partial charge is 0.0995 e. The molecule has 0 aliphatic rings. The molecule has 0 aromatic heterocycles. The maximum absolute atomic E-state index is 4.13. The number of hydrogen-bond acceptors (Lipinski definition) is 1. The number of hydrogen-bond donors (Lipinski definition) is 1. The second-order valence-electron chi connectivity index (χ2n) is 3.49. The number of likely N-dealkylation sites (N-methyl/N-ethyl adjacent to an activating group) is 1. The minimum absolute atomic E-state index is 0.579. The first-order chi connectivity index (χ1) is 5.11. The lowest BCUT2D eigenvalue weighted by atomic mass is 10.1. The summed E-state index contributed by atoms with van der Waals surface area (Å²) in [6, 6.07) is 0.579. The van der Waals surface area contributed by atoms with Crippen LogP contribution in [0.2, 0.25) is 0 Å². The Labute approximate surface area is 70.8 Å². The van der Waals surface area contributed by atoms with Crippen LogP contribution in [0.1, 0.15) is 27.7 Å². The van der Waals surface area contributed by atoms with Gasteiger partial charge in [0.15, 0.2) is 0 Å². The van der Waals surface area contributed by atoms with Gasteiger partial charge >= 0.3 is 0 Å². The van der Waals surface area contributed by atoms with E-state index in [1.165, 1.54) is 0 Å². The molecule has 0 rings (SSSR count). The fourth-order valence-electron chi connectivity index (χ4n) is 1.02. The van der Waals surface area contributed by atoms with Crippen molar-refractivity contribution in [3.05, 3.63) is 0 Å². The highest BCUT2D eigenvalue weighted by molar-refractivity contribution is 4.63. The number of quaternary nitrogens is 1. The molecule has 0 unspecified atom stereocenters. The van der Waals surface area contributed by atoms with Gasteiger partial charge in [0.25, 0.3) is 0 Å². The van der Waals surface area contributed by atoms with Crippen molar-refractivity contribution in [1.29, 1.82) is 0 Å². The predicted octanol–water partition coefficient (Wildman–Crippen LogP) is 0.595. The Kier molecular flexibility index (Phi) is 5.51. The molecule has 0 aromatic rings. The lowest BCUT2D eigenvalue weighted by Crippen LogP contribution is -2.67. The SMILES string of the molecule is CCN(CC)C[C@@H]([NH3+])C(C)C. The molecular formula is C9H23N2+. The zero-order valence-corrected chi connectivity index (χ0v) is 8.43. The van der Waals surface area contributed by atoms with Gasteiger partial charge in [0.1, 0.15) is 0 Å². The van der Waals surface area contributed by atoms with Crippen LogP contribution in [-0.4, -0.2) is 30.6 Å². The van der Waals surface area contributed by atoms with E-state index in [-0.39, 0.29) is 0 Å². The van der Waals surface area contributed by atoms with Crippen molar-refractivity contribution in [1.82, 2.24) is 4.90 Å². The molecular weight excluding hydrogens is 136 g/mol. The fraction of sp³-hybridized carbons (Fsp3) is 1.00. The molecule has 0 spiro atoms. The monoisotopic (exact) mass is 159 g/mol. The Morgan fingerprint density at radius 1 is 1.18 bits per heavy atom. The molecule has 1 atom stereocenters.